The van der Waals surface area contributed by atoms with Crippen molar-refractivity contribution < 1.29 is 19.1 Å². The number of rotatable bonds is 15. The molecule has 0 radical (unpaired) electrons. The average molecular weight is 542 g/mol. The number of nitrogens with one attached hydrogen (secondary N) is 1. The topological polar surface area (TPSA) is 88.6 Å². The monoisotopic (exact) mass is 541 g/mol. The van der Waals surface area contributed by atoms with E-state index in [2.05, 4.69) is 24.4 Å². The van der Waals surface area contributed by atoms with Crippen LogP contribution in [0.3, 0.4) is 0 Å². The van der Waals surface area contributed by atoms with Gasteiger partial charge >= 0.3 is 0 Å². The van der Waals surface area contributed by atoms with Crippen molar-refractivity contribution in [2.45, 2.75) is 71.3 Å². The van der Waals surface area contributed by atoms with Crippen molar-refractivity contribution in [3.63, 3.8) is 0 Å². The molecule has 1 aromatic heterocycles. The van der Waals surface area contributed by atoms with E-state index in [1.54, 1.807) is 17.4 Å². The third-order valence-electron chi connectivity index (χ3n) is 7.20. The Labute approximate surface area is 231 Å². The largest absolute Gasteiger partial charge is 0.381 e. The molecule has 0 unspecified atom stereocenters. The maximum atomic E-state index is 13.6. The van der Waals surface area contributed by atoms with Crippen molar-refractivity contribution in [3.8, 4) is 0 Å². The smallest absolute Gasteiger partial charge is 0.224 e. The fourth-order valence-electron chi connectivity index (χ4n) is 4.83. The van der Waals surface area contributed by atoms with Crippen LogP contribution in [0.4, 0.5) is 0 Å². The van der Waals surface area contributed by atoms with Gasteiger partial charge in [-0.1, -0.05) is 26.0 Å². The summed E-state index contributed by atoms with van der Waals surface area (Å²) in [5.41, 5.74) is 2.19. The molecule has 0 bridgehead atoms. The van der Waals surface area contributed by atoms with Crippen molar-refractivity contribution in [2.24, 2.45) is 11.8 Å². The molecule has 2 atom stereocenters. The summed E-state index contributed by atoms with van der Waals surface area (Å²) in [6, 6.07) is 6.16. The van der Waals surface area contributed by atoms with Crippen LogP contribution >= 0.6 is 11.3 Å². The summed E-state index contributed by atoms with van der Waals surface area (Å²) in [5, 5.41) is 4.14. The molecule has 2 heterocycles. The van der Waals surface area contributed by atoms with Gasteiger partial charge in [0.15, 0.2) is 5.78 Å². The molecule has 38 heavy (non-hydrogen) atoms. The third kappa shape index (κ3) is 9.40. The third-order valence-corrected chi connectivity index (χ3v) is 8.24. The van der Waals surface area contributed by atoms with Crippen LogP contribution in [-0.2, 0) is 32.0 Å². The van der Waals surface area contributed by atoms with E-state index in [-0.39, 0.29) is 35.9 Å². The minimum atomic E-state index is -0.480. The predicted octanol–water partition coefficient (Wildman–Crippen LogP) is 4.77. The number of carbonyl (C=O) groups is 3. The first kappa shape index (κ1) is 30.1. The van der Waals surface area contributed by atoms with E-state index >= 15 is 0 Å². The van der Waals surface area contributed by atoms with E-state index < -0.39 is 5.92 Å². The molecule has 7 nitrogen and oxygen atoms in total. The summed E-state index contributed by atoms with van der Waals surface area (Å²) >= 11 is 1.60. The Morgan fingerprint density at radius 1 is 1.21 bits per heavy atom. The maximum absolute atomic E-state index is 13.6. The number of allylic oxidation sites excluding steroid dienone is 1. The number of carbonyl (C=O) groups excluding carboxylic acids is 3. The second-order valence-corrected chi connectivity index (χ2v) is 11.6. The van der Waals surface area contributed by atoms with Gasteiger partial charge in [0.05, 0.1) is 21.1 Å². The number of Topliss-reactive ketones (excluding diaryl/α,β-unsaturated/α-hetero) is 1. The first-order chi connectivity index (χ1) is 18.3. The summed E-state index contributed by atoms with van der Waals surface area (Å²) in [5.74, 6) is -0.206. The Kier molecular flexibility index (Phi) is 12.1. The van der Waals surface area contributed by atoms with Gasteiger partial charge in [-0.3, -0.25) is 14.4 Å². The number of hydrogen-bond acceptors (Lipinski definition) is 7. The van der Waals surface area contributed by atoms with Crippen LogP contribution in [0.1, 0.15) is 62.9 Å². The van der Waals surface area contributed by atoms with Crippen molar-refractivity contribution in [1.29, 1.82) is 0 Å². The van der Waals surface area contributed by atoms with Gasteiger partial charge in [0.25, 0.3) is 0 Å². The van der Waals surface area contributed by atoms with Crippen LogP contribution in [0.15, 0.2) is 30.4 Å². The fraction of sp³-hybridized carbons (Fsp3) is 0.600. The second-order valence-electron chi connectivity index (χ2n) is 10.5. The maximum Gasteiger partial charge on any atom is 0.224 e. The number of ketones is 2. The average Bonchev–Trinajstić information content (AvgIpc) is 3.32. The van der Waals surface area contributed by atoms with Crippen molar-refractivity contribution in [3.05, 3.63) is 40.9 Å². The molecule has 3 rings (SSSR count). The molecule has 1 N–H and O–H groups in total. The highest BCUT2D eigenvalue weighted by Crippen LogP contribution is 2.28. The summed E-state index contributed by atoms with van der Waals surface area (Å²) in [7, 11) is 3.92. The molecule has 1 aromatic carbocycles. The lowest BCUT2D eigenvalue weighted by molar-refractivity contribution is -0.130. The molecule has 1 aliphatic rings. The zero-order chi connectivity index (χ0) is 27.5. The molecule has 0 aliphatic carbocycles. The highest BCUT2D eigenvalue weighted by molar-refractivity contribution is 7.18. The standard InChI is InChI=1S/C30H43N3O4S/c1-5-21-9-11-27-28(18-21)38-29(31-27)20-23(19-24(34)6-2)30(36)32-26(22-13-16-37-17-14-22)12-10-25(35)8-7-15-33(3)4/h7-9,11,18,22-23,26H,5-6,10,12-17,19-20H2,1-4H3,(H,32,36)/b8-7+/t23-,26+/m0/s1. The first-order valence-electron chi connectivity index (χ1n) is 13.9. The highest BCUT2D eigenvalue weighted by atomic mass is 32.1. The Morgan fingerprint density at radius 3 is 2.66 bits per heavy atom. The Hall–Kier alpha value is -2.42. The highest BCUT2D eigenvalue weighted by Gasteiger charge is 2.30. The summed E-state index contributed by atoms with van der Waals surface area (Å²) in [6.45, 7) is 6.00. The Balaban J connectivity index is 1.73. The SMILES string of the molecule is CCC(=O)C[C@@H](Cc1nc2ccc(CC)cc2s1)C(=O)N[C@H](CCC(=O)/C=C/CN(C)C)C1CCOCC1. The first-order valence-corrected chi connectivity index (χ1v) is 14.7. The minimum absolute atomic E-state index is 0.0665. The van der Waals surface area contributed by atoms with Gasteiger partial charge in [-0.15, -0.1) is 11.3 Å². The zero-order valence-corrected chi connectivity index (χ0v) is 24.1. The molecular weight excluding hydrogens is 498 g/mol. The number of amides is 1. The summed E-state index contributed by atoms with van der Waals surface area (Å²) in [4.78, 5) is 45.4. The number of thiazole rings is 1. The molecule has 1 amide bonds. The van der Waals surface area contributed by atoms with E-state index in [1.165, 1.54) is 5.56 Å². The molecule has 208 valence electrons. The van der Waals surface area contributed by atoms with Crippen LogP contribution in [0.25, 0.3) is 10.2 Å². The number of fused-ring (bicyclic) bond motifs is 1. The molecule has 1 fully saturated rings. The van der Waals surface area contributed by atoms with Gasteiger partial charge in [-0.2, -0.15) is 0 Å². The van der Waals surface area contributed by atoms with Gasteiger partial charge in [0.2, 0.25) is 5.91 Å². The van der Waals surface area contributed by atoms with E-state index in [9.17, 15) is 14.4 Å². The summed E-state index contributed by atoms with van der Waals surface area (Å²) in [6.07, 6.45) is 8.18. The summed E-state index contributed by atoms with van der Waals surface area (Å²) < 4.78 is 6.66. The van der Waals surface area contributed by atoms with Crippen LogP contribution < -0.4 is 5.32 Å². The number of aromatic nitrogens is 1. The fourth-order valence-corrected chi connectivity index (χ4v) is 5.94. The zero-order valence-electron chi connectivity index (χ0n) is 23.3. The Morgan fingerprint density at radius 2 is 1.97 bits per heavy atom. The van der Waals surface area contributed by atoms with Gasteiger partial charge in [-0.05, 0) is 69.5 Å². The van der Waals surface area contributed by atoms with Gasteiger partial charge < -0.3 is 15.0 Å². The van der Waals surface area contributed by atoms with Crippen molar-refractivity contribution in [1.82, 2.24) is 15.2 Å². The molecular formula is C30H43N3O4S. The van der Waals surface area contributed by atoms with Crippen LogP contribution in [0.5, 0.6) is 0 Å². The number of nitrogens with zero attached hydrogens (tertiary/aromatic N) is 2. The number of hydrogen-bond donors (Lipinski definition) is 1. The van der Waals surface area contributed by atoms with E-state index in [1.807, 2.05) is 38.1 Å². The molecule has 0 saturated carbocycles. The molecule has 1 saturated heterocycles. The second kappa shape index (κ2) is 15.2. The normalized spacial score (nSPS) is 16.2. The number of likely N-dealkylation sites (N-methyl/N-ethyl adjacent to an activating group) is 1. The van der Waals surface area contributed by atoms with Crippen molar-refractivity contribution in [2.75, 3.05) is 33.9 Å². The van der Waals surface area contributed by atoms with Gasteiger partial charge in [0, 0.05) is 51.5 Å². The lowest BCUT2D eigenvalue weighted by Crippen LogP contribution is -2.45. The minimum Gasteiger partial charge on any atom is -0.381 e. The molecule has 2 aromatic rings. The van der Waals surface area contributed by atoms with Crippen molar-refractivity contribution >= 4 is 39.0 Å². The van der Waals surface area contributed by atoms with E-state index in [0.29, 0.717) is 45.4 Å². The lowest BCUT2D eigenvalue weighted by atomic mass is 9.87. The van der Waals surface area contributed by atoms with Gasteiger partial charge in [-0.25, -0.2) is 4.98 Å². The molecule has 8 heteroatoms. The Bertz CT molecular complexity index is 1100. The quantitative estimate of drug-likeness (QED) is 0.327. The van der Waals surface area contributed by atoms with Crippen LogP contribution in [0, 0.1) is 11.8 Å². The molecule has 0 spiro atoms. The van der Waals surface area contributed by atoms with E-state index in [4.69, 9.17) is 9.72 Å². The predicted molar refractivity (Wildman–Crippen MR) is 154 cm³/mol. The van der Waals surface area contributed by atoms with Crippen LogP contribution in [0.2, 0.25) is 0 Å². The van der Waals surface area contributed by atoms with Crippen LogP contribution in [-0.4, -0.2) is 67.3 Å². The van der Waals surface area contributed by atoms with Gasteiger partial charge in [0.1, 0.15) is 5.78 Å². The van der Waals surface area contributed by atoms with E-state index in [0.717, 1.165) is 34.5 Å². The molecule has 1 aliphatic heterocycles. The lowest BCUT2D eigenvalue weighted by Gasteiger charge is -2.32. The number of benzene rings is 1. The number of ether oxygens (including phenoxy) is 1. The number of aryl methyl sites for hydroxylation is 1.